The molecule has 2 aliphatic carbocycles. The number of rotatable bonds is 11. The fraction of sp³-hybridized carbons (Fsp3) is 1.00. The second-order valence-corrected chi connectivity index (χ2v) is 8.74. The molecule has 0 spiro atoms. The van der Waals surface area contributed by atoms with Crippen molar-refractivity contribution >= 4 is 0 Å². The van der Waals surface area contributed by atoms with Crippen molar-refractivity contribution in [3.63, 3.8) is 0 Å². The van der Waals surface area contributed by atoms with E-state index in [4.69, 9.17) is 4.74 Å². The second kappa shape index (κ2) is 12.3. The first kappa shape index (κ1) is 20.3. The largest absolute Gasteiger partial charge is 0.378 e. The highest BCUT2D eigenvalue weighted by atomic mass is 16.5. The molecule has 0 unspecified atom stereocenters. The molecule has 0 N–H and O–H groups in total. The fourth-order valence-electron chi connectivity index (χ4n) is 5.22. The molecular weight excluding hydrogens is 292 g/mol. The topological polar surface area (TPSA) is 9.23 Å². The summed E-state index contributed by atoms with van der Waals surface area (Å²) in [6.45, 7) is 5.65. The molecular formula is C23H44O. The lowest BCUT2D eigenvalue weighted by atomic mass is 9.70. The molecule has 1 heteroatoms. The Morgan fingerprint density at radius 2 is 1.21 bits per heavy atom. The highest BCUT2D eigenvalue weighted by molar-refractivity contribution is 4.82. The van der Waals surface area contributed by atoms with Gasteiger partial charge in [0.25, 0.3) is 0 Å². The summed E-state index contributed by atoms with van der Waals surface area (Å²) in [4.78, 5) is 0. The summed E-state index contributed by atoms with van der Waals surface area (Å²) < 4.78 is 6.17. The lowest BCUT2D eigenvalue weighted by Crippen LogP contribution is -2.28. The Bertz CT molecular complexity index is 284. The van der Waals surface area contributed by atoms with Gasteiger partial charge in [-0.25, -0.2) is 0 Å². The van der Waals surface area contributed by atoms with Crippen molar-refractivity contribution in [2.45, 2.75) is 123 Å². The lowest BCUT2D eigenvalue weighted by molar-refractivity contribution is 0.00529. The highest BCUT2D eigenvalue weighted by Crippen LogP contribution is 2.41. The monoisotopic (exact) mass is 336 g/mol. The van der Waals surface area contributed by atoms with Crippen LogP contribution in [0.4, 0.5) is 0 Å². The van der Waals surface area contributed by atoms with Crippen LogP contribution in [0.15, 0.2) is 0 Å². The van der Waals surface area contributed by atoms with Gasteiger partial charge in [-0.05, 0) is 62.7 Å². The first-order chi connectivity index (χ1) is 11.8. The van der Waals surface area contributed by atoms with Crippen molar-refractivity contribution in [2.75, 3.05) is 6.61 Å². The van der Waals surface area contributed by atoms with Gasteiger partial charge in [-0.2, -0.15) is 0 Å². The maximum atomic E-state index is 6.17. The summed E-state index contributed by atoms with van der Waals surface area (Å²) in [5.41, 5.74) is 0. The van der Waals surface area contributed by atoms with Crippen LogP contribution in [0.1, 0.15) is 117 Å². The molecule has 0 radical (unpaired) electrons. The number of hydrogen-bond acceptors (Lipinski definition) is 1. The molecule has 0 atom stereocenters. The minimum Gasteiger partial charge on any atom is -0.378 e. The molecule has 142 valence electrons. The van der Waals surface area contributed by atoms with Crippen molar-refractivity contribution in [3.05, 3.63) is 0 Å². The van der Waals surface area contributed by atoms with Gasteiger partial charge in [-0.15, -0.1) is 0 Å². The van der Waals surface area contributed by atoms with E-state index in [9.17, 15) is 0 Å². The van der Waals surface area contributed by atoms with Gasteiger partial charge in [-0.1, -0.05) is 71.6 Å². The Morgan fingerprint density at radius 1 is 0.625 bits per heavy atom. The Balaban J connectivity index is 1.49. The first-order valence-electron chi connectivity index (χ1n) is 11.4. The van der Waals surface area contributed by atoms with Gasteiger partial charge in [-0.3, -0.25) is 0 Å². The molecule has 0 amide bonds. The van der Waals surface area contributed by atoms with Crippen LogP contribution in [0.2, 0.25) is 0 Å². The molecule has 2 rings (SSSR count). The van der Waals surface area contributed by atoms with Gasteiger partial charge in [0.15, 0.2) is 0 Å². The maximum Gasteiger partial charge on any atom is 0.0575 e. The van der Waals surface area contributed by atoms with E-state index in [0.29, 0.717) is 6.10 Å². The molecule has 0 saturated heterocycles. The molecule has 0 aromatic heterocycles. The summed E-state index contributed by atoms with van der Waals surface area (Å²) >= 11 is 0. The molecule has 2 aliphatic rings. The van der Waals surface area contributed by atoms with Crippen LogP contribution >= 0.6 is 0 Å². The van der Waals surface area contributed by atoms with E-state index in [-0.39, 0.29) is 0 Å². The van der Waals surface area contributed by atoms with E-state index in [2.05, 4.69) is 13.8 Å². The maximum absolute atomic E-state index is 6.17. The van der Waals surface area contributed by atoms with E-state index in [1.165, 1.54) is 103 Å². The fourth-order valence-corrected chi connectivity index (χ4v) is 5.22. The third-order valence-electron chi connectivity index (χ3n) is 6.83. The number of unbranched alkanes of at least 4 members (excludes halogenated alkanes) is 5. The summed E-state index contributed by atoms with van der Waals surface area (Å²) in [5, 5.41) is 0. The lowest BCUT2D eigenvalue weighted by Gasteiger charge is -2.37. The Morgan fingerprint density at radius 3 is 1.83 bits per heavy atom. The van der Waals surface area contributed by atoms with E-state index >= 15 is 0 Å². The predicted octanol–water partition coefficient (Wildman–Crippen LogP) is 7.53. The van der Waals surface area contributed by atoms with Crippen molar-refractivity contribution in [3.8, 4) is 0 Å². The summed E-state index contributed by atoms with van der Waals surface area (Å²) in [6, 6.07) is 0. The van der Waals surface area contributed by atoms with Gasteiger partial charge in [0, 0.05) is 6.61 Å². The molecule has 0 aliphatic heterocycles. The molecule has 0 heterocycles. The third-order valence-corrected chi connectivity index (χ3v) is 6.83. The SMILES string of the molecule is CCCCCCCCO[C@H]1CC[C@H]([C@H]2CC[C@H](CCC)CC2)CC1. The zero-order chi connectivity index (χ0) is 17.0. The number of hydrogen-bond donors (Lipinski definition) is 0. The molecule has 2 saturated carbocycles. The van der Waals surface area contributed by atoms with Crippen LogP contribution in [0.5, 0.6) is 0 Å². The smallest absolute Gasteiger partial charge is 0.0575 e. The minimum absolute atomic E-state index is 0.591. The highest BCUT2D eigenvalue weighted by Gasteiger charge is 2.30. The van der Waals surface area contributed by atoms with Crippen LogP contribution in [0, 0.1) is 17.8 Å². The molecule has 0 aromatic carbocycles. The van der Waals surface area contributed by atoms with Gasteiger partial charge in [0.2, 0.25) is 0 Å². The minimum atomic E-state index is 0.591. The second-order valence-electron chi connectivity index (χ2n) is 8.74. The molecule has 24 heavy (non-hydrogen) atoms. The zero-order valence-corrected chi connectivity index (χ0v) is 16.7. The van der Waals surface area contributed by atoms with Gasteiger partial charge in [0.05, 0.1) is 6.10 Å². The first-order valence-corrected chi connectivity index (χ1v) is 11.4. The normalized spacial score (nSPS) is 31.2. The third kappa shape index (κ3) is 7.46. The summed E-state index contributed by atoms with van der Waals surface area (Å²) in [6.07, 6.45) is 23.4. The average Bonchev–Trinajstić information content (AvgIpc) is 2.62. The van der Waals surface area contributed by atoms with Gasteiger partial charge < -0.3 is 4.74 Å². The molecule has 2 fully saturated rings. The van der Waals surface area contributed by atoms with Crippen LogP contribution in [0.3, 0.4) is 0 Å². The summed E-state index contributed by atoms with van der Waals surface area (Å²) in [7, 11) is 0. The van der Waals surface area contributed by atoms with Crippen LogP contribution in [-0.4, -0.2) is 12.7 Å². The van der Waals surface area contributed by atoms with E-state index in [0.717, 1.165) is 24.4 Å². The van der Waals surface area contributed by atoms with E-state index in [1.54, 1.807) is 0 Å². The quantitative estimate of drug-likeness (QED) is 0.354. The van der Waals surface area contributed by atoms with Crippen molar-refractivity contribution in [1.29, 1.82) is 0 Å². The average molecular weight is 337 g/mol. The standard InChI is InChI=1S/C23H44O/c1-3-5-6-7-8-9-19-24-23-17-15-22(16-18-23)21-13-11-20(10-4-2)12-14-21/h20-23H,3-19H2,1-2H3/t20-,21-,22-,23-. The van der Waals surface area contributed by atoms with E-state index < -0.39 is 0 Å². The van der Waals surface area contributed by atoms with Crippen LogP contribution in [-0.2, 0) is 4.74 Å². The van der Waals surface area contributed by atoms with Crippen LogP contribution < -0.4 is 0 Å². The Labute approximate surface area is 152 Å². The predicted molar refractivity (Wildman–Crippen MR) is 105 cm³/mol. The van der Waals surface area contributed by atoms with Crippen LogP contribution in [0.25, 0.3) is 0 Å². The van der Waals surface area contributed by atoms with Gasteiger partial charge in [0.1, 0.15) is 0 Å². The van der Waals surface area contributed by atoms with Crippen molar-refractivity contribution in [1.82, 2.24) is 0 Å². The van der Waals surface area contributed by atoms with Gasteiger partial charge >= 0.3 is 0 Å². The van der Waals surface area contributed by atoms with Crippen molar-refractivity contribution in [2.24, 2.45) is 17.8 Å². The number of ether oxygens (including phenoxy) is 1. The molecule has 0 aromatic rings. The van der Waals surface area contributed by atoms with Crippen molar-refractivity contribution < 1.29 is 4.74 Å². The molecule has 1 nitrogen and oxygen atoms in total. The molecule has 0 bridgehead atoms. The Kier molecular flexibility index (Phi) is 10.4. The van der Waals surface area contributed by atoms with E-state index in [1.807, 2.05) is 0 Å². The summed E-state index contributed by atoms with van der Waals surface area (Å²) in [5.74, 6) is 3.14. The zero-order valence-electron chi connectivity index (χ0n) is 16.7. The Hall–Kier alpha value is -0.0400.